The standard InChI is InChI=1S/C23H26N2O5/c1-5-28-21-11-7-6-10-20(21)24-22(26)17(4)30-23(27)19-13-15(2)25(16(19)3)14-18-9-8-12-29-18/h6-13,17H,5,14H2,1-4H3,(H,24,26)/t17-/m0/s1. The highest BCUT2D eigenvalue weighted by Gasteiger charge is 2.23. The third kappa shape index (κ3) is 4.74. The summed E-state index contributed by atoms with van der Waals surface area (Å²) in [6.45, 7) is 8.15. The molecule has 1 aromatic carbocycles. The van der Waals surface area contributed by atoms with Crippen molar-refractivity contribution in [1.82, 2.24) is 4.57 Å². The maximum absolute atomic E-state index is 12.7. The number of rotatable bonds is 8. The SMILES string of the molecule is CCOc1ccccc1NC(=O)[C@H](C)OC(=O)c1cc(C)n(Cc2ccco2)c1C. The number of anilines is 1. The van der Waals surface area contributed by atoms with E-state index >= 15 is 0 Å². The zero-order valence-corrected chi connectivity index (χ0v) is 17.6. The lowest BCUT2D eigenvalue weighted by Crippen LogP contribution is -2.30. The first-order chi connectivity index (χ1) is 14.4. The maximum Gasteiger partial charge on any atom is 0.340 e. The Hall–Kier alpha value is -3.48. The molecule has 2 heterocycles. The van der Waals surface area contributed by atoms with Crippen LogP contribution in [0.2, 0.25) is 0 Å². The molecule has 0 saturated carbocycles. The Morgan fingerprint density at radius 1 is 1.17 bits per heavy atom. The van der Waals surface area contributed by atoms with Crippen molar-refractivity contribution in [1.29, 1.82) is 0 Å². The van der Waals surface area contributed by atoms with Gasteiger partial charge in [-0.1, -0.05) is 12.1 Å². The van der Waals surface area contributed by atoms with E-state index in [1.165, 1.54) is 0 Å². The first-order valence-electron chi connectivity index (χ1n) is 9.83. The summed E-state index contributed by atoms with van der Waals surface area (Å²) in [7, 11) is 0. The quantitative estimate of drug-likeness (QED) is 0.559. The Morgan fingerprint density at radius 2 is 1.93 bits per heavy atom. The molecule has 0 fully saturated rings. The first kappa shape index (κ1) is 21.2. The van der Waals surface area contributed by atoms with Crippen molar-refractivity contribution in [2.24, 2.45) is 0 Å². The molecule has 0 aliphatic carbocycles. The predicted octanol–water partition coefficient (Wildman–Crippen LogP) is 4.33. The van der Waals surface area contributed by atoms with E-state index in [0.29, 0.717) is 30.2 Å². The lowest BCUT2D eigenvalue weighted by atomic mass is 10.2. The summed E-state index contributed by atoms with van der Waals surface area (Å²) in [5.41, 5.74) is 2.61. The van der Waals surface area contributed by atoms with Crippen LogP contribution in [0, 0.1) is 13.8 Å². The normalized spacial score (nSPS) is 11.7. The predicted molar refractivity (Wildman–Crippen MR) is 113 cm³/mol. The molecule has 3 aromatic rings. The zero-order chi connectivity index (χ0) is 21.7. The van der Waals surface area contributed by atoms with Gasteiger partial charge in [-0.25, -0.2) is 4.79 Å². The number of aryl methyl sites for hydroxylation is 1. The molecule has 30 heavy (non-hydrogen) atoms. The van der Waals surface area contributed by atoms with Gasteiger partial charge in [-0.2, -0.15) is 0 Å². The number of esters is 1. The molecule has 7 heteroatoms. The van der Waals surface area contributed by atoms with Crippen LogP contribution in [0.4, 0.5) is 5.69 Å². The number of amides is 1. The summed E-state index contributed by atoms with van der Waals surface area (Å²) in [4.78, 5) is 25.2. The number of furan rings is 1. The number of nitrogens with one attached hydrogen (secondary N) is 1. The molecule has 3 rings (SSSR count). The zero-order valence-electron chi connectivity index (χ0n) is 17.6. The van der Waals surface area contributed by atoms with Gasteiger partial charge in [-0.05, 0) is 58.0 Å². The van der Waals surface area contributed by atoms with Crippen molar-refractivity contribution >= 4 is 17.6 Å². The van der Waals surface area contributed by atoms with Crippen molar-refractivity contribution in [3.8, 4) is 5.75 Å². The Kier molecular flexibility index (Phi) is 6.61. The molecule has 0 spiro atoms. The van der Waals surface area contributed by atoms with Crippen LogP contribution in [0.5, 0.6) is 5.75 Å². The van der Waals surface area contributed by atoms with Gasteiger partial charge in [-0.3, -0.25) is 4.79 Å². The van der Waals surface area contributed by atoms with E-state index in [4.69, 9.17) is 13.9 Å². The van der Waals surface area contributed by atoms with Crippen molar-refractivity contribution in [2.45, 2.75) is 40.3 Å². The Morgan fingerprint density at radius 3 is 2.63 bits per heavy atom. The van der Waals surface area contributed by atoms with Crippen LogP contribution in [-0.2, 0) is 16.1 Å². The van der Waals surface area contributed by atoms with E-state index in [1.54, 1.807) is 37.5 Å². The maximum atomic E-state index is 12.7. The highest BCUT2D eigenvalue weighted by atomic mass is 16.5. The molecule has 7 nitrogen and oxygen atoms in total. The number of hydrogen-bond acceptors (Lipinski definition) is 5. The summed E-state index contributed by atoms with van der Waals surface area (Å²) in [6.07, 6.45) is 0.642. The van der Waals surface area contributed by atoms with Crippen LogP contribution in [0.15, 0.2) is 53.1 Å². The minimum Gasteiger partial charge on any atom is -0.492 e. The van der Waals surface area contributed by atoms with Gasteiger partial charge in [0.2, 0.25) is 0 Å². The van der Waals surface area contributed by atoms with Gasteiger partial charge in [0.25, 0.3) is 5.91 Å². The second-order valence-electron chi connectivity index (χ2n) is 6.92. The molecule has 0 radical (unpaired) electrons. The van der Waals surface area contributed by atoms with Crippen LogP contribution < -0.4 is 10.1 Å². The first-order valence-corrected chi connectivity index (χ1v) is 9.83. The highest BCUT2D eigenvalue weighted by molar-refractivity contribution is 5.98. The van der Waals surface area contributed by atoms with Crippen LogP contribution in [0.1, 0.15) is 41.4 Å². The van der Waals surface area contributed by atoms with Crippen molar-refractivity contribution < 1.29 is 23.5 Å². The Balaban J connectivity index is 1.68. The Labute approximate surface area is 175 Å². The highest BCUT2D eigenvalue weighted by Crippen LogP contribution is 2.24. The molecule has 0 saturated heterocycles. The Bertz CT molecular complexity index is 1020. The van der Waals surface area contributed by atoms with E-state index in [2.05, 4.69) is 5.32 Å². The summed E-state index contributed by atoms with van der Waals surface area (Å²) < 4.78 is 18.3. The summed E-state index contributed by atoms with van der Waals surface area (Å²) >= 11 is 0. The van der Waals surface area contributed by atoms with Gasteiger partial charge >= 0.3 is 5.97 Å². The van der Waals surface area contributed by atoms with E-state index < -0.39 is 18.0 Å². The number of nitrogens with zero attached hydrogens (tertiary/aromatic N) is 1. The largest absolute Gasteiger partial charge is 0.492 e. The van der Waals surface area contributed by atoms with Gasteiger partial charge in [0.15, 0.2) is 6.10 Å². The molecule has 158 valence electrons. The molecule has 0 bridgehead atoms. The van der Waals surface area contributed by atoms with Crippen molar-refractivity contribution in [3.63, 3.8) is 0 Å². The number of aromatic nitrogens is 1. The van der Waals surface area contributed by atoms with E-state index in [1.807, 2.05) is 43.5 Å². The molecule has 1 N–H and O–H groups in total. The second kappa shape index (κ2) is 9.35. The number of para-hydroxylation sites is 2. The minimum absolute atomic E-state index is 0.424. The number of carbonyl (C=O) groups is 2. The molecular formula is C23H26N2O5. The fraction of sp³-hybridized carbons (Fsp3) is 0.304. The van der Waals surface area contributed by atoms with Crippen LogP contribution >= 0.6 is 0 Å². The van der Waals surface area contributed by atoms with Gasteiger partial charge in [0, 0.05) is 11.4 Å². The summed E-state index contributed by atoms with van der Waals surface area (Å²) in [5, 5.41) is 2.75. The number of carbonyl (C=O) groups excluding carboxylic acids is 2. The summed E-state index contributed by atoms with van der Waals surface area (Å²) in [6, 6.07) is 12.6. The smallest absolute Gasteiger partial charge is 0.340 e. The van der Waals surface area contributed by atoms with E-state index in [0.717, 1.165) is 17.1 Å². The molecule has 0 aliphatic heterocycles. The molecule has 2 aromatic heterocycles. The monoisotopic (exact) mass is 410 g/mol. The average molecular weight is 410 g/mol. The lowest BCUT2D eigenvalue weighted by Gasteiger charge is -2.15. The number of ether oxygens (including phenoxy) is 2. The molecule has 0 unspecified atom stereocenters. The topological polar surface area (TPSA) is 82.7 Å². The van der Waals surface area contributed by atoms with Gasteiger partial charge < -0.3 is 23.8 Å². The van der Waals surface area contributed by atoms with E-state index in [9.17, 15) is 9.59 Å². The average Bonchev–Trinajstić information content (AvgIpc) is 3.33. The second-order valence-corrected chi connectivity index (χ2v) is 6.92. The molecular weight excluding hydrogens is 384 g/mol. The van der Waals surface area contributed by atoms with Gasteiger partial charge in [0.05, 0.1) is 30.7 Å². The third-order valence-electron chi connectivity index (χ3n) is 4.79. The minimum atomic E-state index is -0.972. The molecule has 1 atom stereocenters. The number of benzene rings is 1. The lowest BCUT2D eigenvalue weighted by molar-refractivity contribution is -0.123. The fourth-order valence-electron chi connectivity index (χ4n) is 3.17. The van der Waals surface area contributed by atoms with Gasteiger partial charge in [0.1, 0.15) is 11.5 Å². The summed E-state index contributed by atoms with van der Waals surface area (Å²) in [5.74, 6) is 0.375. The van der Waals surface area contributed by atoms with Crippen molar-refractivity contribution in [3.05, 3.63) is 71.4 Å². The van der Waals surface area contributed by atoms with Gasteiger partial charge in [-0.15, -0.1) is 0 Å². The molecule has 1 amide bonds. The fourth-order valence-corrected chi connectivity index (χ4v) is 3.17. The van der Waals surface area contributed by atoms with Crippen LogP contribution in [0.3, 0.4) is 0 Å². The third-order valence-corrected chi connectivity index (χ3v) is 4.79. The van der Waals surface area contributed by atoms with Crippen LogP contribution in [0.25, 0.3) is 0 Å². The number of hydrogen-bond donors (Lipinski definition) is 1. The van der Waals surface area contributed by atoms with Crippen LogP contribution in [-0.4, -0.2) is 29.2 Å². The van der Waals surface area contributed by atoms with E-state index in [-0.39, 0.29) is 0 Å². The van der Waals surface area contributed by atoms with Crippen molar-refractivity contribution in [2.75, 3.05) is 11.9 Å². The molecule has 0 aliphatic rings.